The van der Waals surface area contributed by atoms with Crippen molar-refractivity contribution >= 4 is 5.97 Å². The molecule has 0 aliphatic heterocycles. The van der Waals surface area contributed by atoms with Gasteiger partial charge < -0.3 is 14.5 Å². The maximum Gasteiger partial charge on any atom is 0.338 e. The molecule has 3 aromatic rings. The summed E-state index contributed by atoms with van der Waals surface area (Å²) >= 11 is 0. The van der Waals surface area contributed by atoms with E-state index in [9.17, 15) is 9.18 Å². The smallest absolute Gasteiger partial charge is 0.338 e. The molecule has 0 aliphatic carbocycles. The summed E-state index contributed by atoms with van der Waals surface area (Å²) in [5.41, 5.74) is 2.51. The lowest BCUT2D eigenvalue weighted by Crippen LogP contribution is -2.16. The van der Waals surface area contributed by atoms with Crippen LogP contribution in [-0.2, 0) is 17.7 Å². The molecule has 0 radical (unpaired) electrons. The van der Waals surface area contributed by atoms with Gasteiger partial charge in [0.1, 0.15) is 17.3 Å². The second-order valence-electron chi connectivity index (χ2n) is 6.12. The van der Waals surface area contributed by atoms with E-state index in [4.69, 9.17) is 9.15 Å². The average Bonchev–Trinajstić information content (AvgIpc) is 3.16. The van der Waals surface area contributed by atoms with Gasteiger partial charge in [0, 0.05) is 5.56 Å². The molecule has 140 valence electrons. The Morgan fingerprint density at radius 2 is 1.78 bits per heavy atom. The fourth-order valence-electron chi connectivity index (χ4n) is 2.71. The van der Waals surface area contributed by atoms with Gasteiger partial charge in [0.2, 0.25) is 0 Å². The second kappa shape index (κ2) is 9.14. The van der Waals surface area contributed by atoms with Crippen molar-refractivity contribution < 1.29 is 18.3 Å². The van der Waals surface area contributed by atoms with Gasteiger partial charge in [-0.3, -0.25) is 0 Å². The number of rotatable bonds is 8. The van der Waals surface area contributed by atoms with Gasteiger partial charge in [-0.25, -0.2) is 9.18 Å². The van der Waals surface area contributed by atoms with E-state index in [1.165, 1.54) is 12.1 Å². The van der Waals surface area contributed by atoms with E-state index in [1.54, 1.807) is 31.2 Å². The molecule has 0 aliphatic rings. The second-order valence-corrected chi connectivity index (χ2v) is 6.12. The van der Waals surface area contributed by atoms with Gasteiger partial charge >= 0.3 is 5.97 Å². The Hall–Kier alpha value is -2.92. The molecule has 0 saturated carbocycles. The third-order valence-corrected chi connectivity index (χ3v) is 4.15. The molecule has 1 N–H and O–H groups in total. The molecule has 0 fully saturated rings. The highest BCUT2D eigenvalue weighted by Crippen LogP contribution is 2.23. The minimum Gasteiger partial charge on any atom is -0.462 e. The number of halogens is 1. The van der Waals surface area contributed by atoms with E-state index < -0.39 is 0 Å². The van der Waals surface area contributed by atoms with Crippen LogP contribution in [0.5, 0.6) is 0 Å². The molecule has 2 aromatic carbocycles. The van der Waals surface area contributed by atoms with E-state index in [-0.39, 0.29) is 11.8 Å². The van der Waals surface area contributed by atoms with Crippen molar-refractivity contribution in [3.63, 3.8) is 0 Å². The van der Waals surface area contributed by atoms with E-state index in [0.29, 0.717) is 18.7 Å². The van der Waals surface area contributed by atoms with Gasteiger partial charge in [-0.15, -0.1) is 0 Å². The lowest BCUT2D eigenvalue weighted by Gasteiger charge is -2.04. The van der Waals surface area contributed by atoms with Gasteiger partial charge in [-0.05, 0) is 61.9 Å². The van der Waals surface area contributed by atoms with Crippen molar-refractivity contribution in [2.75, 3.05) is 13.2 Å². The summed E-state index contributed by atoms with van der Waals surface area (Å²) in [6, 6.07) is 17.5. The summed E-state index contributed by atoms with van der Waals surface area (Å²) in [7, 11) is 0. The number of esters is 1. The quantitative estimate of drug-likeness (QED) is 0.467. The zero-order chi connectivity index (χ0) is 19.1. The summed E-state index contributed by atoms with van der Waals surface area (Å²) in [6.07, 6.45) is 0.823. The molecule has 0 unspecified atom stereocenters. The molecule has 3 rings (SSSR count). The summed E-state index contributed by atoms with van der Waals surface area (Å²) in [4.78, 5) is 11.7. The fourth-order valence-corrected chi connectivity index (χ4v) is 2.71. The zero-order valence-electron chi connectivity index (χ0n) is 15.2. The van der Waals surface area contributed by atoms with Gasteiger partial charge in [0.05, 0.1) is 18.7 Å². The van der Waals surface area contributed by atoms with Crippen LogP contribution >= 0.6 is 0 Å². The Bertz CT molecular complexity index is 869. The number of carbonyl (C=O) groups is 1. The van der Waals surface area contributed by atoms with Gasteiger partial charge in [0.15, 0.2) is 0 Å². The summed E-state index contributed by atoms with van der Waals surface area (Å²) in [5.74, 6) is 1.04. The molecule has 5 heteroatoms. The number of ether oxygens (including phenoxy) is 1. The first kappa shape index (κ1) is 18.9. The highest BCUT2D eigenvalue weighted by Gasteiger charge is 2.08. The van der Waals surface area contributed by atoms with Crippen LogP contribution in [0, 0.1) is 5.82 Å². The predicted octanol–water partition coefficient (Wildman–Crippen LogP) is 4.59. The third kappa shape index (κ3) is 5.28. The van der Waals surface area contributed by atoms with Crippen molar-refractivity contribution in [2.24, 2.45) is 0 Å². The molecule has 1 heterocycles. The SMILES string of the molecule is CCOC(=O)c1ccc(-c2ccc(CNCCc3ccc(F)cc3)o2)cc1. The Kier molecular flexibility index (Phi) is 6.39. The first-order valence-electron chi connectivity index (χ1n) is 8.97. The normalized spacial score (nSPS) is 10.7. The molecule has 0 atom stereocenters. The van der Waals surface area contributed by atoms with Crippen molar-refractivity contribution in [1.82, 2.24) is 5.32 Å². The van der Waals surface area contributed by atoms with Crippen LogP contribution in [0.3, 0.4) is 0 Å². The molecule has 27 heavy (non-hydrogen) atoms. The average molecular weight is 367 g/mol. The molecule has 0 bridgehead atoms. The van der Waals surface area contributed by atoms with Crippen LogP contribution < -0.4 is 5.32 Å². The molecule has 0 saturated heterocycles. The Morgan fingerprint density at radius 3 is 2.48 bits per heavy atom. The first-order valence-corrected chi connectivity index (χ1v) is 8.97. The van der Waals surface area contributed by atoms with Crippen LogP contribution in [0.25, 0.3) is 11.3 Å². The van der Waals surface area contributed by atoms with Crippen molar-refractivity contribution in [1.29, 1.82) is 0 Å². The lowest BCUT2D eigenvalue weighted by molar-refractivity contribution is 0.0526. The monoisotopic (exact) mass is 367 g/mol. The Balaban J connectivity index is 1.50. The van der Waals surface area contributed by atoms with E-state index in [2.05, 4.69) is 5.32 Å². The molecule has 4 nitrogen and oxygen atoms in total. The minimum atomic E-state index is -0.325. The third-order valence-electron chi connectivity index (χ3n) is 4.15. The minimum absolute atomic E-state index is 0.217. The van der Waals surface area contributed by atoms with Crippen molar-refractivity contribution in [3.8, 4) is 11.3 Å². The largest absolute Gasteiger partial charge is 0.462 e. The molecule has 0 amide bonds. The first-order chi connectivity index (χ1) is 13.2. The number of hydrogen-bond donors (Lipinski definition) is 1. The standard InChI is InChI=1S/C22H22FNO3/c1-2-26-22(25)18-7-5-17(6-8-18)21-12-11-20(27-21)15-24-14-13-16-3-9-19(23)10-4-16/h3-12,24H,2,13-15H2,1H3. The highest BCUT2D eigenvalue weighted by atomic mass is 19.1. The van der Waals surface area contributed by atoms with Crippen LogP contribution in [-0.4, -0.2) is 19.1 Å². The highest BCUT2D eigenvalue weighted by molar-refractivity contribution is 5.89. The van der Waals surface area contributed by atoms with Crippen molar-refractivity contribution in [3.05, 3.63) is 83.4 Å². The number of nitrogens with one attached hydrogen (secondary N) is 1. The molecular weight excluding hydrogens is 345 g/mol. The molecule has 1 aromatic heterocycles. The summed E-state index contributed by atoms with van der Waals surface area (Å²) in [5, 5.41) is 3.32. The maximum absolute atomic E-state index is 12.9. The fraction of sp³-hybridized carbons (Fsp3) is 0.227. The molecule has 0 spiro atoms. The number of carbonyl (C=O) groups excluding carboxylic acids is 1. The van der Waals surface area contributed by atoms with Gasteiger partial charge in [-0.2, -0.15) is 0 Å². The number of furan rings is 1. The number of hydrogen-bond acceptors (Lipinski definition) is 4. The molecular formula is C22H22FNO3. The van der Waals surface area contributed by atoms with E-state index >= 15 is 0 Å². The van der Waals surface area contributed by atoms with Gasteiger partial charge in [-0.1, -0.05) is 24.3 Å². The zero-order valence-corrected chi connectivity index (χ0v) is 15.2. The number of benzene rings is 2. The topological polar surface area (TPSA) is 51.5 Å². The summed E-state index contributed by atoms with van der Waals surface area (Å²) < 4.78 is 23.7. The maximum atomic E-state index is 12.9. The van der Waals surface area contributed by atoms with E-state index in [1.807, 2.05) is 24.3 Å². The van der Waals surface area contributed by atoms with Crippen LogP contribution in [0.15, 0.2) is 65.1 Å². The van der Waals surface area contributed by atoms with Crippen molar-refractivity contribution in [2.45, 2.75) is 19.9 Å². The van der Waals surface area contributed by atoms with E-state index in [0.717, 1.165) is 35.6 Å². The van der Waals surface area contributed by atoms with Crippen LogP contribution in [0.4, 0.5) is 4.39 Å². The van der Waals surface area contributed by atoms with Gasteiger partial charge in [0.25, 0.3) is 0 Å². The van der Waals surface area contributed by atoms with Crippen LogP contribution in [0.1, 0.15) is 28.6 Å². The Labute approximate surface area is 158 Å². The predicted molar refractivity (Wildman–Crippen MR) is 102 cm³/mol. The summed E-state index contributed by atoms with van der Waals surface area (Å²) in [6.45, 7) is 3.53. The van der Waals surface area contributed by atoms with Crippen LogP contribution in [0.2, 0.25) is 0 Å². The lowest BCUT2D eigenvalue weighted by atomic mass is 10.1. The Morgan fingerprint density at radius 1 is 1.04 bits per heavy atom.